The first kappa shape index (κ1) is 14.9. The van der Waals surface area contributed by atoms with Crippen LogP contribution in [-0.4, -0.2) is 30.9 Å². The van der Waals surface area contributed by atoms with Gasteiger partial charge in [-0.2, -0.15) is 19.3 Å². The van der Waals surface area contributed by atoms with Crippen LogP contribution in [0.2, 0.25) is 0 Å². The van der Waals surface area contributed by atoms with Crippen molar-refractivity contribution in [3.63, 3.8) is 0 Å². The number of aryl methyl sites for hydroxylation is 1. The topological polar surface area (TPSA) is 112 Å². The SMILES string of the molecule is CCCOc1nc(NN)nc(Sc2nc(CC)ns2)n1. The van der Waals surface area contributed by atoms with Gasteiger partial charge in [0.25, 0.3) is 0 Å². The molecule has 2 heterocycles. The quantitative estimate of drug-likeness (QED) is 0.580. The van der Waals surface area contributed by atoms with E-state index in [0.717, 1.165) is 23.0 Å². The van der Waals surface area contributed by atoms with Gasteiger partial charge < -0.3 is 4.74 Å². The number of hydrazine groups is 1. The van der Waals surface area contributed by atoms with Crippen LogP contribution in [0.25, 0.3) is 0 Å². The predicted octanol–water partition coefficient (Wildman–Crippen LogP) is 1.51. The van der Waals surface area contributed by atoms with E-state index in [2.05, 4.69) is 29.7 Å². The Balaban J connectivity index is 2.16. The van der Waals surface area contributed by atoms with E-state index in [9.17, 15) is 0 Å². The highest BCUT2D eigenvalue weighted by Gasteiger charge is 2.11. The third kappa shape index (κ3) is 3.99. The number of nitrogen functional groups attached to an aromatic ring is 1. The molecule has 0 fully saturated rings. The van der Waals surface area contributed by atoms with E-state index in [1.54, 1.807) is 0 Å². The number of anilines is 1. The van der Waals surface area contributed by atoms with Crippen LogP contribution in [-0.2, 0) is 6.42 Å². The van der Waals surface area contributed by atoms with Crippen LogP contribution >= 0.6 is 23.3 Å². The zero-order valence-electron chi connectivity index (χ0n) is 11.2. The lowest BCUT2D eigenvalue weighted by Crippen LogP contribution is -2.13. The third-order valence-electron chi connectivity index (χ3n) is 2.10. The van der Waals surface area contributed by atoms with Crippen LogP contribution in [0.3, 0.4) is 0 Å². The average Bonchev–Trinajstić information content (AvgIpc) is 2.92. The van der Waals surface area contributed by atoms with Crippen LogP contribution in [0.1, 0.15) is 26.1 Å². The van der Waals surface area contributed by atoms with E-state index in [0.29, 0.717) is 11.8 Å². The van der Waals surface area contributed by atoms with Crippen molar-refractivity contribution >= 4 is 29.2 Å². The van der Waals surface area contributed by atoms with Crippen LogP contribution in [0.15, 0.2) is 9.50 Å². The second-order valence-corrected chi connectivity index (χ2v) is 5.62. The lowest BCUT2D eigenvalue weighted by Gasteiger charge is -2.05. The first-order valence-electron chi connectivity index (χ1n) is 6.11. The summed E-state index contributed by atoms with van der Waals surface area (Å²) in [5, 5.41) is 0.470. The number of nitrogens with zero attached hydrogens (tertiary/aromatic N) is 5. The van der Waals surface area contributed by atoms with E-state index in [1.807, 2.05) is 13.8 Å². The van der Waals surface area contributed by atoms with Gasteiger partial charge in [0, 0.05) is 6.42 Å². The minimum atomic E-state index is 0.248. The van der Waals surface area contributed by atoms with Crippen LogP contribution in [0, 0.1) is 0 Å². The number of rotatable bonds is 7. The Bertz CT molecular complexity index is 562. The van der Waals surface area contributed by atoms with Gasteiger partial charge in [0.15, 0.2) is 4.34 Å². The van der Waals surface area contributed by atoms with Crippen molar-refractivity contribution in [3.05, 3.63) is 5.82 Å². The van der Waals surface area contributed by atoms with E-state index < -0.39 is 0 Å². The average molecular weight is 313 g/mol. The molecule has 0 amide bonds. The van der Waals surface area contributed by atoms with Gasteiger partial charge >= 0.3 is 6.01 Å². The molecular formula is C10H15N7OS2. The van der Waals surface area contributed by atoms with Crippen molar-refractivity contribution < 1.29 is 4.74 Å². The Hall–Kier alpha value is -1.52. The standard InChI is InChI=1S/C10H15N7OS2/c1-3-5-18-8-13-7(16-11)14-9(15-8)19-10-12-6(4-2)17-20-10/h3-5,11H2,1-2H3,(H,13,14,15,16). The first-order chi connectivity index (χ1) is 9.75. The minimum absolute atomic E-state index is 0.248. The maximum Gasteiger partial charge on any atom is 0.322 e. The Morgan fingerprint density at radius 3 is 2.75 bits per heavy atom. The van der Waals surface area contributed by atoms with Crippen molar-refractivity contribution in [2.75, 3.05) is 12.0 Å². The van der Waals surface area contributed by atoms with Crippen molar-refractivity contribution in [2.45, 2.75) is 36.2 Å². The van der Waals surface area contributed by atoms with Gasteiger partial charge in [-0.05, 0) is 29.7 Å². The number of aromatic nitrogens is 5. The largest absolute Gasteiger partial charge is 0.463 e. The molecule has 108 valence electrons. The highest BCUT2D eigenvalue weighted by atomic mass is 32.2. The summed E-state index contributed by atoms with van der Waals surface area (Å²) in [6, 6.07) is 0.248. The zero-order chi connectivity index (χ0) is 14.4. The lowest BCUT2D eigenvalue weighted by molar-refractivity contribution is 0.288. The Morgan fingerprint density at radius 1 is 1.25 bits per heavy atom. The number of nitrogens with one attached hydrogen (secondary N) is 1. The molecule has 0 aromatic carbocycles. The molecule has 0 bridgehead atoms. The maximum atomic E-state index is 5.40. The third-order valence-corrected chi connectivity index (χ3v) is 3.76. The van der Waals surface area contributed by atoms with Gasteiger partial charge in [0.1, 0.15) is 5.82 Å². The summed E-state index contributed by atoms with van der Waals surface area (Å²) < 4.78 is 10.4. The number of hydrogen-bond donors (Lipinski definition) is 2. The smallest absolute Gasteiger partial charge is 0.322 e. The Morgan fingerprint density at radius 2 is 2.10 bits per heavy atom. The fraction of sp³-hybridized carbons (Fsp3) is 0.500. The zero-order valence-corrected chi connectivity index (χ0v) is 12.8. The minimum Gasteiger partial charge on any atom is -0.463 e. The molecule has 2 aromatic rings. The lowest BCUT2D eigenvalue weighted by atomic mass is 10.5. The summed E-state index contributed by atoms with van der Waals surface area (Å²) in [5.41, 5.74) is 2.40. The van der Waals surface area contributed by atoms with Crippen LogP contribution in [0.4, 0.5) is 5.95 Å². The molecule has 0 atom stereocenters. The molecule has 0 unspecified atom stereocenters. The highest BCUT2D eigenvalue weighted by Crippen LogP contribution is 2.27. The van der Waals surface area contributed by atoms with Gasteiger partial charge in [-0.15, -0.1) is 0 Å². The summed E-state index contributed by atoms with van der Waals surface area (Å²) in [5.74, 6) is 6.41. The van der Waals surface area contributed by atoms with E-state index in [4.69, 9.17) is 10.6 Å². The van der Waals surface area contributed by atoms with Gasteiger partial charge in [-0.3, -0.25) is 5.43 Å². The van der Waals surface area contributed by atoms with E-state index in [1.165, 1.54) is 23.3 Å². The second-order valence-electron chi connectivity index (χ2n) is 3.65. The normalized spacial score (nSPS) is 10.6. The summed E-state index contributed by atoms with van der Waals surface area (Å²) in [6.45, 7) is 4.55. The number of nitrogens with two attached hydrogens (primary N) is 1. The Kier molecular flexibility index (Phi) is 5.44. The molecular weight excluding hydrogens is 298 g/mol. The molecule has 0 radical (unpaired) electrons. The van der Waals surface area contributed by atoms with Crippen molar-refractivity contribution in [2.24, 2.45) is 5.84 Å². The molecule has 0 aliphatic carbocycles. The number of hydrogen-bond acceptors (Lipinski definition) is 10. The second kappa shape index (κ2) is 7.31. The van der Waals surface area contributed by atoms with E-state index >= 15 is 0 Å². The van der Waals surface area contributed by atoms with Gasteiger partial charge in [-0.25, -0.2) is 10.8 Å². The number of ether oxygens (including phenoxy) is 1. The molecule has 2 aromatic heterocycles. The van der Waals surface area contributed by atoms with Gasteiger partial charge in [0.2, 0.25) is 11.1 Å². The monoisotopic (exact) mass is 313 g/mol. The molecule has 3 N–H and O–H groups in total. The molecule has 2 rings (SSSR count). The summed E-state index contributed by atoms with van der Waals surface area (Å²) in [6.07, 6.45) is 1.67. The van der Waals surface area contributed by atoms with Crippen molar-refractivity contribution in [1.82, 2.24) is 24.3 Å². The molecule has 0 aliphatic heterocycles. The summed E-state index contributed by atoms with van der Waals surface area (Å²) in [4.78, 5) is 16.7. The van der Waals surface area contributed by atoms with Crippen molar-refractivity contribution in [1.29, 1.82) is 0 Å². The first-order valence-corrected chi connectivity index (χ1v) is 7.70. The molecule has 0 saturated carbocycles. The molecule has 0 aliphatic rings. The molecule has 8 nitrogen and oxygen atoms in total. The summed E-state index contributed by atoms with van der Waals surface area (Å²) >= 11 is 2.62. The van der Waals surface area contributed by atoms with Crippen molar-refractivity contribution in [3.8, 4) is 6.01 Å². The predicted molar refractivity (Wildman–Crippen MR) is 76.8 cm³/mol. The summed E-state index contributed by atoms with van der Waals surface area (Å²) in [7, 11) is 0. The fourth-order valence-electron chi connectivity index (χ4n) is 1.21. The Labute approximate surface area is 124 Å². The van der Waals surface area contributed by atoms with Crippen LogP contribution in [0.5, 0.6) is 6.01 Å². The fourth-order valence-corrected chi connectivity index (χ4v) is 2.75. The molecule has 0 spiro atoms. The highest BCUT2D eigenvalue weighted by molar-refractivity contribution is 8.00. The molecule has 10 heteroatoms. The van der Waals surface area contributed by atoms with Crippen LogP contribution < -0.4 is 16.0 Å². The van der Waals surface area contributed by atoms with Gasteiger partial charge in [0.05, 0.1) is 6.61 Å². The van der Waals surface area contributed by atoms with E-state index in [-0.39, 0.29) is 12.0 Å². The van der Waals surface area contributed by atoms with Gasteiger partial charge in [-0.1, -0.05) is 13.8 Å². The molecule has 20 heavy (non-hydrogen) atoms. The maximum absolute atomic E-state index is 5.40. The molecule has 0 saturated heterocycles.